The summed E-state index contributed by atoms with van der Waals surface area (Å²) in [6.07, 6.45) is -9.37. The predicted molar refractivity (Wildman–Crippen MR) is 123 cm³/mol. The molecule has 6 nitrogen and oxygen atoms in total. The van der Waals surface area contributed by atoms with Crippen molar-refractivity contribution in [3.8, 4) is 0 Å². The van der Waals surface area contributed by atoms with E-state index in [2.05, 4.69) is 16.1 Å². The largest absolute Gasteiger partial charge is 0.463 e. The highest BCUT2D eigenvalue weighted by molar-refractivity contribution is 5.83. The Balaban J connectivity index is 2.12. The smallest absolute Gasteiger partial charge is 0.432 e. The van der Waals surface area contributed by atoms with Crippen LogP contribution in [0.1, 0.15) is 17.5 Å². The van der Waals surface area contributed by atoms with Gasteiger partial charge in [-0.05, 0) is 6.42 Å². The number of rotatable bonds is 12. The number of hydrogen-bond acceptors (Lipinski definition) is 6. The molecule has 0 bridgehead atoms. The van der Waals surface area contributed by atoms with Crippen molar-refractivity contribution < 1.29 is 54.9 Å². The van der Waals surface area contributed by atoms with Crippen LogP contribution < -0.4 is 0 Å². The molecule has 0 fully saturated rings. The van der Waals surface area contributed by atoms with E-state index in [4.69, 9.17) is 9.47 Å². The van der Waals surface area contributed by atoms with Crippen LogP contribution in [0.5, 0.6) is 0 Å². The number of methoxy groups -OCH3 is 2. The van der Waals surface area contributed by atoms with E-state index in [1.807, 2.05) is 0 Å². The summed E-state index contributed by atoms with van der Waals surface area (Å²) in [5, 5.41) is 0. The molecule has 0 aliphatic carbocycles. The van der Waals surface area contributed by atoms with E-state index < -0.39 is 65.8 Å². The van der Waals surface area contributed by atoms with Gasteiger partial charge in [0.15, 0.2) is 0 Å². The minimum absolute atomic E-state index is 0.216. The van der Waals surface area contributed by atoms with Gasteiger partial charge in [-0.2, -0.15) is 26.3 Å². The molecule has 0 heterocycles. The molecule has 0 aliphatic rings. The van der Waals surface area contributed by atoms with Crippen molar-refractivity contribution >= 4 is 11.9 Å². The summed E-state index contributed by atoms with van der Waals surface area (Å²) in [4.78, 5) is 25.3. The lowest BCUT2D eigenvalue weighted by Gasteiger charge is -2.33. The third kappa shape index (κ3) is 6.02. The van der Waals surface area contributed by atoms with E-state index in [9.17, 15) is 35.9 Å². The molecule has 0 unspecified atom stereocenters. The number of ether oxygens (including phenoxy) is 4. The molecule has 2 rings (SSSR count). The standard InChI is InChI=1S/C26H26F6O6/c1-4-18(17-38-22(34)24(36-3,26(30,31)32)20-13-9-6-10-14-20)15-16-37-21(33)23(35-2,25(27,28)29)19-11-7-5-8-12-19/h4-14,18H,1,15-17H2,2-3H3/t18-,23+,24+/m0/s1. The molecule has 0 aliphatic heterocycles. The van der Waals surface area contributed by atoms with Crippen molar-refractivity contribution in [2.45, 2.75) is 30.0 Å². The molecule has 0 amide bonds. The molecular formula is C26H26F6O6. The van der Waals surface area contributed by atoms with Crippen LogP contribution in [0.25, 0.3) is 0 Å². The molecular weight excluding hydrogens is 522 g/mol. The summed E-state index contributed by atoms with van der Waals surface area (Å²) in [5.41, 5.74) is -7.82. The van der Waals surface area contributed by atoms with Crippen molar-refractivity contribution in [1.82, 2.24) is 0 Å². The number of hydrogen-bond donors (Lipinski definition) is 0. The van der Waals surface area contributed by atoms with Gasteiger partial charge in [0.2, 0.25) is 0 Å². The molecule has 2 aromatic rings. The van der Waals surface area contributed by atoms with E-state index in [0.717, 1.165) is 24.3 Å². The fourth-order valence-electron chi connectivity index (χ4n) is 3.73. The van der Waals surface area contributed by atoms with Gasteiger partial charge in [0.25, 0.3) is 11.2 Å². The van der Waals surface area contributed by atoms with Crippen LogP contribution in [0.2, 0.25) is 0 Å². The van der Waals surface area contributed by atoms with Crippen LogP contribution in [-0.2, 0) is 39.7 Å². The molecule has 0 spiro atoms. The minimum atomic E-state index is -5.18. The maximum atomic E-state index is 14.0. The molecule has 0 saturated heterocycles. The van der Waals surface area contributed by atoms with Crippen molar-refractivity contribution in [3.05, 3.63) is 84.4 Å². The van der Waals surface area contributed by atoms with E-state index in [0.29, 0.717) is 14.2 Å². The lowest BCUT2D eigenvalue weighted by molar-refractivity contribution is -0.278. The van der Waals surface area contributed by atoms with Gasteiger partial charge in [-0.15, -0.1) is 6.58 Å². The first-order valence-corrected chi connectivity index (χ1v) is 11.1. The average Bonchev–Trinajstić information content (AvgIpc) is 2.87. The highest BCUT2D eigenvalue weighted by Crippen LogP contribution is 2.44. The van der Waals surface area contributed by atoms with Crippen molar-refractivity contribution in [2.24, 2.45) is 5.92 Å². The van der Waals surface area contributed by atoms with Crippen LogP contribution in [0.15, 0.2) is 73.3 Å². The van der Waals surface area contributed by atoms with Gasteiger partial charge in [0.1, 0.15) is 0 Å². The molecule has 0 N–H and O–H groups in total. The molecule has 0 aromatic heterocycles. The monoisotopic (exact) mass is 548 g/mol. The summed E-state index contributed by atoms with van der Waals surface area (Å²) in [7, 11) is 1.42. The van der Waals surface area contributed by atoms with Gasteiger partial charge in [0, 0.05) is 31.3 Å². The Kier molecular flexibility index (Phi) is 10.1. The van der Waals surface area contributed by atoms with Gasteiger partial charge < -0.3 is 18.9 Å². The van der Waals surface area contributed by atoms with E-state index in [1.165, 1.54) is 42.5 Å². The molecule has 208 valence electrons. The number of benzene rings is 2. The quantitative estimate of drug-likeness (QED) is 0.199. The molecule has 12 heteroatoms. The van der Waals surface area contributed by atoms with Crippen molar-refractivity contribution in [2.75, 3.05) is 27.4 Å². The third-order valence-electron chi connectivity index (χ3n) is 5.83. The number of carbonyl (C=O) groups is 2. The lowest BCUT2D eigenvalue weighted by atomic mass is 9.92. The summed E-state index contributed by atoms with van der Waals surface area (Å²) in [5.74, 6) is -4.36. The summed E-state index contributed by atoms with van der Waals surface area (Å²) >= 11 is 0. The molecule has 2 aromatic carbocycles. The normalized spacial score (nSPS) is 16.0. The molecule has 38 heavy (non-hydrogen) atoms. The average molecular weight is 548 g/mol. The second kappa shape index (κ2) is 12.4. The first kappa shape index (κ1) is 30.8. The van der Waals surface area contributed by atoms with E-state index in [1.54, 1.807) is 0 Å². The number of esters is 2. The Morgan fingerprint density at radius 3 is 1.50 bits per heavy atom. The van der Waals surface area contributed by atoms with Crippen molar-refractivity contribution in [1.29, 1.82) is 0 Å². The van der Waals surface area contributed by atoms with Crippen LogP contribution in [0, 0.1) is 5.92 Å². The Morgan fingerprint density at radius 2 is 1.16 bits per heavy atom. The highest BCUT2D eigenvalue weighted by atomic mass is 19.4. The summed E-state index contributed by atoms with van der Waals surface area (Å²) in [6, 6.07) is 12.3. The first-order chi connectivity index (χ1) is 17.8. The first-order valence-electron chi connectivity index (χ1n) is 11.1. The topological polar surface area (TPSA) is 71.1 Å². The molecule has 3 atom stereocenters. The van der Waals surface area contributed by atoms with Gasteiger partial charge in [-0.25, -0.2) is 9.59 Å². The highest BCUT2D eigenvalue weighted by Gasteiger charge is 2.65. The molecule has 0 radical (unpaired) electrons. The van der Waals surface area contributed by atoms with Crippen LogP contribution in [0.3, 0.4) is 0 Å². The number of halogens is 6. The Hall–Kier alpha value is -3.38. The molecule has 0 saturated carbocycles. The maximum Gasteiger partial charge on any atom is 0.432 e. The third-order valence-corrected chi connectivity index (χ3v) is 5.83. The summed E-state index contributed by atoms with van der Waals surface area (Å²) < 4.78 is 103. The Bertz CT molecular complexity index is 1070. The van der Waals surface area contributed by atoms with Crippen LogP contribution in [-0.4, -0.2) is 51.7 Å². The second-order valence-corrected chi connectivity index (χ2v) is 8.02. The van der Waals surface area contributed by atoms with Gasteiger partial charge >= 0.3 is 24.3 Å². The number of alkyl halides is 6. The Morgan fingerprint density at radius 1 is 0.763 bits per heavy atom. The van der Waals surface area contributed by atoms with Gasteiger partial charge in [-0.3, -0.25) is 0 Å². The van der Waals surface area contributed by atoms with E-state index in [-0.39, 0.29) is 6.42 Å². The zero-order valence-corrected chi connectivity index (χ0v) is 20.5. The minimum Gasteiger partial charge on any atom is -0.463 e. The fourth-order valence-corrected chi connectivity index (χ4v) is 3.73. The predicted octanol–water partition coefficient (Wildman–Crippen LogP) is 5.47. The van der Waals surface area contributed by atoms with E-state index >= 15 is 0 Å². The fraction of sp³-hybridized carbons (Fsp3) is 0.385. The number of carbonyl (C=O) groups excluding carboxylic acids is 2. The summed E-state index contributed by atoms with van der Waals surface area (Å²) in [6.45, 7) is 2.25. The van der Waals surface area contributed by atoms with Gasteiger partial charge in [0.05, 0.1) is 13.2 Å². The second-order valence-electron chi connectivity index (χ2n) is 8.02. The van der Waals surface area contributed by atoms with Crippen LogP contribution >= 0.6 is 0 Å². The zero-order chi connectivity index (χ0) is 28.6. The van der Waals surface area contributed by atoms with Crippen LogP contribution in [0.4, 0.5) is 26.3 Å². The van der Waals surface area contributed by atoms with Crippen molar-refractivity contribution in [3.63, 3.8) is 0 Å². The van der Waals surface area contributed by atoms with Gasteiger partial charge in [-0.1, -0.05) is 66.7 Å². The Labute approximate surface area is 215 Å². The SMILES string of the molecule is C=C[C@@H](CCOC(=O)[C@](OC)(c1ccccc1)C(F)(F)F)COC(=O)[C@](OC)(c1ccccc1)C(F)(F)F. The lowest BCUT2D eigenvalue weighted by Crippen LogP contribution is -2.52. The maximum absolute atomic E-state index is 14.0. The zero-order valence-electron chi connectivity index (χ0n) is 20.5.